The van der Waals surface area contributed by atoms with Crippen molar-refractivity contribution in [2.24, 2.45) is 0 Å². The van der Waals surface area contributed by atoms with Crippen LogP contribution in [-0.2, 0) is 9.53 Å². The summed E-state index contributed by atoms with van der Waals surface area (Å²) in [6, 6.07) is -0.559. The highest BCUT2D eigenvalue weighted by Crippen LogP contribution is 2.17. The molecular weight excluding hydrogens is 276 g/mol. The Hall–Kier alpha value is -2.16. The molecule has 0 fully saturated rings. The molecular formula is C10H14O8Si. The van der Waals surface area contributed by atoms with E-state index >= 15 is 0 Å². The molecule has 0 aromatic heterocycles. The van der Waals surface area contributed by atoms with Crippen LogP contribution in [0.25, 0.3) is 0 Å². The van der Waals surface area contributed by atoms with Gasteiger partial charge in [0, 0.05) is 5.57 Å². The largest absolute Gasteiger partial charge is 0.485 e. The fraction of sp³-hybridized carbons (Fsp3) is 0.400. The molecule has 0 aromatic carbocycles. The van der Waals surface area contributed by atoms with Crippen molar-refractivity contribution in [3.63, 3.8) is 0 Å². The smallest absolute Gasteiger partial charge is 0.431 e. The normalized spacial score (nSPS) is 10.6. The molecule has 0 aliphatic rings. The number of carboxylic acid groups (broad SMARTS) is 3. The van der Waals surface area contributed by atoms with Gasteiger partial charge in [0.1, 0.15) is 0 Å². The maximum Gasteiger partial charge on any atom is 0.431 e. The van der Waals surface area contributed by atoms with Crippen LogP contribution in [0.4, 0.5) is 14.4 Å². The van der Waals surface area contributed by atoms with E-state index in [1.165, 1.54) is 6.92 Å². The van der Waals surface area contributed by atoms with Gasteiger partial charge in [-0.05, 0) is 19.4 Å². The fourth-order valence-corrected chi connectivity index (χ4v) is 3.09. The van der Waals surface area contributed by atoms with Crippen LogP contribution in [0.3, 0.4) is 0 Å². The zero-order valence-electron chi connectivity index (χ0n) is 10.2. The molecule has 0 atom stereocenters. The van der Waals surface area contributed by atoms with Crippen molar-refractivity contribution in [2.75, 3.05) is 6.61 Å². The summed E-state index contributed by atoms with van der Waals surface area (Å²) in [5.41, 5.74) is -5.37. The van der Waals surface area contributed by atoms with Crippen molar-refractivity contribution in [3.05, 3.63) is 12.2 Å². The topological polar surface area (TPSA) is 138 Å². The minimum atomic E-state index is -4.59. The van der Waals surface area contributed by atoms with Crippen LogP contribution < -0.4 is 0 Å². The average molecular weight is 290 g/mol. The van der Waals surface area contributed by atoms with Crippen molar-refractivity contribution in [1.82, 2.24) is 0 Å². The SMILES string of the molecule is C=C(C)C(=O)OCCC[Si](C(=O)O)(C(=O)O)C(=O)O. The van der Waals surface area contributed by atoms with Crippen molar-refractivity contribution < 1.29 is 39.2 Å². The summed E-state index contributed by atoms with van der Waals surface area (Å²) in [6.45, 7) is 4.47. The number of carbonyl (C=O) groups excluding carboxylic acids is 1. The summed E-state index contributed by atoms with van der Waals surface area (Å²) < 4.78 is 4.64. The Kier molecular flexibility index (Phi) is 5.92. The van der Waals surface area contributed by atoms with E-state index in [1.54, 1.807) is 0 Å². The monoisotopic (exact) mass is 290 g/mol. The Bertz CT molecular complexity index is 391. The molecule has 0 heterocycles. The number of rotatable bonds is 8. The first-order chi connectivity index (χ1) is 8.66. The molecule has 0 radical (unpaired) electrons. The first-order valence-corrected chi connectivity index (χ1v) is 7.39. The molecule has 0 saturated heterocycles. The highest BCUT2D eigenvalue weighted by molar-refractivity contribution is 7.38. The predicted molar refractivity (Wildman–Crippen MR) is 65.0 cm³/mol. The highest BCUT2D eigenvalue weighted by atomic mass is 28.3. The van der Waals surface area contributed by atoms with Crippen molar-refractivity contribution in [2.45, 2.75) is 19.4 Å². The molecule has 19 heavy (non-hydrogen) atoms. The number of hydrogen-bond donors (Lipinski definition) is 3. The van der Waals surface area contributed by atoms with Crippen LogP contribution in [0.15, 0.2) is 12.2 Å². The average Bonchev–Trinajstić information content (AvgIpc) is 2.26. The van der Waals surface area contributed by atoms with E-state index in [9.17, 15) is 19.2 Å². The van der Waals surface area contributed by atoms with Crippen LogP contribution in [0.1, 0.15) is 13.3 Å². The minimum Gasteiger partial charge on any atom is -0.485 e. The first kappa shape index (κ1) is 16.8. The second-order valence-corrected chi connectivity index (χ2v) is 7.43. The zero-order valence-corrected chi connectivity index (χ0v) is 11.2. The molecule has 106 valence electrons. The minimum absolute atomic E-state index is 0.137. The molecule has 0 rings (SSSR count). The van der Waals surface area contributed by atoms with Gasteiger partial charge in [0.2, 0.25) is 0 Å². The second-order valence-electron chi connectivity index (χ2n) is 3.84. The van der Waals surface area contributed by atoms with Crippen LogP contribution in [0.5, 0.6) is 0 Å². The number of esters is 1. The van der Waals surface area contributed by atoms with E-state index in [1.807, 2.05) is 0 Å². The van der Waals surface area contributed by atoms with Gasteiger partial charge in [-0.3, -0.25) is 14.4 Å². The van der Waals surface area contributed by atoms with Gasteiger partial charge in [0.05, 0.1) is 6.61 Å². The van der Waals surface area contributed by atoms with E-state index in [4.69, 9.17) is 15.3 Å². The van der Waals surface area contributed by atoms with E-state index in [-0.39, 0.29) is 18.6 Å². The Morgan fingerprint density at radius 1 is 1.05 bits per heavy atom. The lowest BCUT2D eigenvalue weighted by Crippen LogP contribution is -2.58. The second kappa shape index (κ2) is 6.68. The quantitative estimate of drug-likeness (QED) is 0.266. The third kappa shape index (κ3) is 3.91. The van der Waals surface area contributed by atoms with Crippen LogP contribution in [0.2, 0.25) is 6.04 Å². The molecule has 8 nitrogen and oxygen atoms in total. The van der Waals surface area contributed by atoms with Crippen molar-refractivity contribution in [1.29, 1.82) is 0 Å². The lowest BCUT2D eigenvalue weighted by atomic mass is 10.4. The van der Waals surface area contributed by atoms with Crippen LogP contribution in [-0.4, -0.2) is 52.7 Å². The lowest BCUT2D eigenvalue weighted by Gasteiger charge is -2.16. The summed E-state index contributed by atoms with van der Waals surface area (Å²) in [6.07, 6.45) is -0.157. The Balaban J connectivity index is 4.67. The standard InChI is InChI=1S/C10H14O8Si/c1-6(2)7(11)18-4-3-5-19(8(12)13,9(14)15)10(16)17/h1,3-5H2,2H3,(H,12,13)(H,14,15)(H,16,17). The molecule has 0 aliphatic carbocycles. The molecule has 9 heteroatoms. The predicted octanol–water partition coefficient (Wildman–Crippen LogP) is 1.72. The Labute approximate surface area is 109 Å². The zero-order chi connectivity index (χ0) is 15.2. The summed E-state index contributed by atoms with van der Waals surface area (Å²) in [5.74, 6) is -0.701. The van der Waals surface area contributed by atoms with Gasteiger partial charge in [0.25, 0.3) is 16.8 Å². The van der Waals surface area contributed by atoms with Crippen LogP contribution in [0, 0.1) is 0 Å². The molecule has 0 aromatic rings. The van der Waals surface area contributed by atoms with Gasteiger partial charge in [-0.25, -0.2) is 4.79 Å². The highest BCUT2D eigenvalue weighted by Gasteiger charge is 2.59. The maximum atomic E-state index is 11.0. The van der Waals surface area contributed by atoms with Gasteiger partial charge >= 0.3 is 14.0 Å². The number of hydrogen-bond acceptors (Lipinski definition) is 5. The van der Waals surface area contributed by atoms with Gasteiger partial charge in [-0.2, -0.15) is 0 Å². The summed E-state index contributed by atoms with van der Waals surface area (Å²) in [4.78, 5) is 43.8. The molecule has 0 amide bonds. The number of ether oxygens (including phenoxy) is 1. The summed E-state index contributed by atoms with van der Waals surface area (Å²) >= 11 is 0. The summed E-state index contributed by atoms with van der Waals surface area (Å²) in [5, 5.41) is 26.5. The van der Waals surface area contributed by atoms with Gasteiger partial charge in [0.15, 0.2) is 0 Å². The Morgan fingerprint density at radius 3 is 1.79 bits per heavy atom. The van der Waals surface area contributed by atoms with Crippen molar-refractivity contribution >= 4 is 30.8 Å². The third-order valence-electron chi connectivity index (χ3n) is 2.37. The maximum absolute atomic E-state index is 11.0. The molecule has 0 unspecified atom stereocenters. The molecule has 0 saturated carbocycles. The van der Waals surface area contributed by atoms with Gasteiger partial charge in [-0.1, -0.05) is 6.58 Å². The van der Waals surface area contributed by atoms with E-state index in [0.717, 1.165) is 0 Å². The summed E-state index contributed by atoms with van der Waals surface area (Å²) in [7, 11) is -4.59. The molecule has 0 spiro atoms. The van der Waals surface area contributed by atoms with Crippen molar-refractivity contribution in [3.8, 4) is 0 Å². The van der Waals surface area contributed by atoms with E-state index in [0.29, 0.717) is 0 Å². The Morgan fingerprint density at radius 2 is 1.47 bits per heavy atom. The fourth-order valence-electron chi connectivity index (χ4n) is 1.22. The van der Waals surface area contributed by atoms with E-state index < -0.39 is 36.9 Å². The first-order valence-electron chi connectivity index (χ1n) is 5.19. The van der Waals surface area contributed by atoms with E-state index in [2.05, 4.69) is 11.3 Å². The number of carbonyl (C=O) groups is 4. The van der Waals surface area contributed by atoms with Crippen LogP contribution >= 0.6 is 0 Å². The van der Waals surface area contributed by atoms with Gasteiger partial charge < -0.3 is 20.1 Å². The lowest BCUT2D eigenvalue weighted by molar-refractivity contribution is -0.138. The third-order valence-corrected chi connectivity index (χ3v) is 5.67. The van der Waals surface area contributed by atoms with Gasteiger partial charge in [-0.15, -0.1) is 0 Å². The molecule has 0 aliphatic heterocycles. The molecule has 3 N–H and O–H groups in total. The molecule has 0 bridgehead atoms.